The maximum atomic E-state index is 10.7. The summed E-state index contributed by atoms with van der Waals surface area (Å²) in [5.74, 6) is -5.33. The van der Waals surface area contributed by atoms with E-state index in [9.17, 15) is 29.6 Å². The first kappa shape index (κ1) is 18.1. The van der Waals surface area contributed by atoms with Crippen LogP contribution in [0.3, 0.4) is 0 Å². The molecule has 0 aromatic rings. The van der Waals surface area contributed by atoms with E-state index in [1.807, 2.05) is 0 Å². The predicted molar refractivity (Wildman–Crippen MR) is 43.7 cm³/mol. The standard InChI is InChI=1S/C6H7NO9.Na.H/c8-3(9)1-6(13,5(11)12)2-4(10)16-7(14)15;;/h13H,1-2H2,(H,8,9)(H,11,12);;/q;+1;-1. The van der Waals surface area contributed by atoms with Crippen molar-refractivity contribution in [3.8, 4) is 0 Å². The SMILES string of the molecule is O=C(O)CC(O)(CC(=O)O[N+](=O)[O-])C(=O)O.[H-].[Na+]. The third kappa shape index (κ3) is 6.84. The number of hydrogen-bond donors (Lipinski definition) is 3. The molecule has 0 fully saturated rings. The number of nitrogens with zero attached hydrogens (tertiary/aromatic N) is 1. The summed E-state index contributed by atoms with van der Waals surface area (Å²) in [5.41, 5.74) is -2.93. The van der Waals surface area contributed by atoms with Gasteiger partial charge in [0, 0.05) is 0 Å². The van der Waals surface area contributed by atoms with Gasteiger partial charge in [-0.05, 0) is 0 Å². The Morgan fingerprint density at radius 2 is 1.76 bits per heavy atom. The van der Waals surface area contributed by atoms with Crippen LogP contribution in [0.15, 0.2) is 0 Å². The molecule has 0 bridgehead atoms. The van der Waals surface area contributed by atoms with Crippen LogP contribution in [-0.4, -0.2) is 43.9 Å². The quantitative estimate of drug-likeness (QED) is 0.243. The van der Waals surface area contributed by atoms with Crippen molar-refractivity contribution in [2.45, 2.75) is 18.4 Å². The molecule has 0 aliphatic heterocycles. The van der Waals surface area contributed by atoms with Gasteiger partial charge in [0.05, 0.1) is 12.8 Å². The Kier molecular flexibility index (Phi) is 7.65. The van der Waals surface area contributed by atoms with Crippen LogP contribution < -0.4 is 29.6 Å². The molecule has 17 heavy (non-hydrogen) atoms. The number of carbonyl (C=O) groups excluding carboxylic acids is 1. The second-order valence-electron chi connectivity index (χ2n) is 2.77. The van der Waals surface area contributed by atoms with Crippen LogP contribution in [0.1, 0.15) is 14.3 Å². The van der Waals surface area contributed by atoms with Crippen LogP contribution in [0, 0.1) is 10.1 Å². The molecule has 0 heterocycles. The Hall–Kier alpha value is -1.23. The van der Waals surface area contributed by atoms with E-state index in [4.69, 9.17) is 10.2 Å². The maximum absolute atomic E-state index is 10.7. The van der Waals surface area contributed by atoms with E-state index in [2.05, 4.69) is 4.84 Å². The summed E-state index contributed by atoms with van der Waals surface area (Å²) >= 11 is 0. The fraction of sp³-hybridized carbons (Fsp3) is 0.500. The summed E-state index contributed by atoms with van der Waals surface area (Å²) in [4.78, 5) is 44.4. The minimum absolute atomic E-state index is 0. The molecule has 0 aromatic heterocycles. The van der Waals surface area contributed by atoms with Crippen LogP contribution in [0.2, 0.25) is 0 Å². The average Bonchev–Trinajstić information content (AvgIpc) is 1.98. The Bertz CT molecular complexity index is 348. The first-order chi connectivity index (χ1) is 7.17. The second-order valence-corrected chi connectivity index (χ2v) is 2.77. The largest absolute Gasteiger partial charge is 1.00 e. The van der Waals surface area contributed by atoms with Gasteiger partial charge < -0.3 is 16.7 Å². The third-order valence-corrected chi connectivity index (χ3v) is 1.45. The van der Waals surface area contributed by atoms with Crippen molar-refractivity contribution in [3.05, 3.63) is 10.1 Å². The maximum Gasteiger partial charge on any atom is 1.00 e. The molecule has 92 valence electrons. The van der Waals surface area contributed by atoms with Gasteiger partial charge in [0.1, 0.15) is 0 Å². The molecule has 3 N–H and O–H groups in total. The van der Waals surface area contributed by atoms with Gasteiger partial charge in [0.25, 0.3) is 0 Å². The predicted octanol–water partition coefficient (Wildman–Crippen LogP) is -4.48. The minimum atomic E-state index is -2.93. The summed E-state index contributed by atoms with van der Waals surface area (Å²) < 4.78 is 0. The molecule has 0 aliphatic rings. The molecule has 0 saturated heterocycles. The molecule has 0 radical (unpaired) electrons. The van der Waals surface area contributed by atoms with Crippen LogP contribution in [-0.2, 0) is 19.2 Å². The smallest absolute Gasteiger partial charge is 1.00 e. The normalized spacial score (nSPS) is 12.8. The molecule has 0 amide bonds. The van der Waals surface area contributed by atoms with E-state index in [1.165, 1.54) is 0 Å². The van der Waals surface area contributed by atoms with Crippen LogP contribution in [0.4, 0.5) is 0 Å². The Morgan fingerprint density at radius 3 is 2.06 bits per heavy atom. The van der Waals surface area contributed by atoms with Gasteiger partial charge in [0.2, 0.25) is 0 Å². The molecular weight excluding hydrogens is 253 g/mol. The summed E-state index contributed by atoms with van der Waals surface area (Å²) in [7, 11) is 0. The minimum Gasteiger partial charge on any atom is -1.00 e. The number of aliphatic carboxylic acids is 2. The zero-order valence-electron chi connectivity index (χ0n) is 9.65. The van der Waals surface area contributed by atoms with E-state index >= 15 is 0 Å². The molecular formula is C6H8NNaO9. The van der Waals surface area contributed by atoms with Gasteiger partial charge in [-0.2, -0.15) is 0 Å². The molecule has 1 unspecified atom stereocenters. The molecule has 10 nitrogen and oxygen atoms in total. The van der Waals surface area contributed by atoms with Crippen molar-refractivity contribution in [2.24, 2.45) is 0 Å². The number of carboxylic acid groups (broad SMARTS) is 2. The fourth-order valence-electron chi connectivity index (χ4n) is 0.818. The first-order valence-electron chi connectivity index (χ1n) is 3.70. The zero-order chi connectivity index (χ0) is 12.9. The van der Waals surface area contributed by atoms with E-state index in [0.717, 1.165) is 0 Å². The van der Waals surface area contributed by atoms with E-state index in [0.29, 0.717) is 0 Å². The molecule has 0 aromatic carbocycles. The Morgan fingerprint density at radius 1 is 1.29 bits per heavy atom. The van der Waals surface area contributed by atoms with Crippen LogP contribution in [0.25, 0.3) is 0 Å². The van der Waals surface area contributed by atoms with Gasteiger partial charge in [0.15, 0.2) is 5.60 Å². The summed E-state index contributed by atoms with van der Waals surface area (Å²) in [6, 6.07) is 0. The first-order valence-corrected chi connectivity index (χ1v) is 3.70. The van der Waals surface area contributed by atoms with E-state index in [-0.39, 0.29) is 31.0 Å². The van der Waals surface area contributed by atoms with Gasteiger partial charge in [-0.3, -0.25) is 9.59 Å². The molecule has 1 atom stereocenters. The Balaban J connectivity index is -0.00000112. The van der Waals surface area contributed by atoms with Crippen molar-refractivity contribution in [1.29, 1.82) is 0 Å². The Labute approximate surface area is 117 Å². The van der Waals surface area contributed by atoms with E-state index in [1.54, 1.807) is 0 Å². The van der Waals surface area contributed by atoms with Crippen LogP contribution in [0.5, 0.6) is 0 Å². The molecule has 0 rings (SSSR count). The second kappa shape index (κ2) is 7.17. The van der Waals surface area contributed by atoms with E-state index < -0.39 is 41.4 Å². The van der Waals surface area contributed by atoms with Gasteiger partial charge in [-0.1, -0.05) is 0 Å². The fourth-order valence-corrected chi connectivity index (χ4v) is 0.818. The molecule has 0 saturated carbocycles. The molecule has 11 heteroatoms. The molecule has 0 spiro atoms. The van der Waals surface area contributed by atoms with Gasteiger partial charge >= 0.3 is 52.6 Å². The zero-order valence-corrected chi connectivity index (χ0v) is 10.7. The number of hydrogen-bond acceptors (Lipinski definition) is 7. The van der Waals surface area contributed by atoms with Crippen molar-refractivity contribution >= 4 is 17.9 Å². The average molecular weight is 261 g/mol. The van der Waals surface area contributed by atoms with Crippen molar-refractivity contribution in [3.63, 3.8) is 0 Å². The number of carboxylic acids is 2. The number of carbonyl (C=O) groups is 3. The van der Waals surface area contributed by atoms with Crippen molar-refractivity contribution in [2.75, 3.05) is 0 Å². The van der Waals surface area contributed by atoms with Crippen molar-refractivity contribution < 1.29 is 70.6 Å². The van der Waals surface area contributed by atoms with Gasteiger partial charge in [-0.15, -0.1) is 10.1 Å². The summed E-state index contributed by atoms with van der Waals surface area (Å²) in [6.07, 6.45) is -2.62. The summed E-state index contributed by atoms with van der Waals surface area (Å²) in [5, 5.41) is 34.2. The number of aliphatic hydroxyl groups is 1. The number of rotatable bonds is 6. The third-order valence-electron chi connectivity index (χ3n) is 1.45. The summed E-state index contributed by atoms with van der Waals surface area (Å²) in [6.45, 7) is 0. The van der Waals surface area contributed by atoms with Gasteiger partial charge in [-0.25, -0.2) is 9.63 Å². The van der Waals surface area contributed by atoms with Crippen molar-refractivity contribution in [1.82, 2.24) is 0 Å². The topological polar surface area (TPSA) is 164 Å². The molecule has 0 aliphatic carbocycles. The van der Waals surface area contributed by atoms with Crippen LogP contribution >= 0.6 is 0 Å². The monoisotopic (exact) mass is 261 g/mol.